The Kier molecular flexibility index (Phi) is 3.84. The molecule has 4 nitrogen and oxygen atoms in total. The minimum Gasteiger partial charge on any atom is -0.382 e. The molecule has 0 spiro atoms. The highest BCUT2D eigenvalue weighted by molar-refractivity contribution is 5.60. The van der Waals surface area contributed by atoms with Crippen molar-refractivity contribution in [3.63, 3.8) is 0 Å². The van der Waals surface area contributed by atoms with Crippen LogP contribution in [0.15, 0.2) is 12.1 Å². The van der Waals surface area contributed by atoms with Crippen LogP contribution in [0.3, 0.4) is 0 Å². The fourth-order valence-corrected chi connectivity index (χ4v) is 2.66. The first kappa shape index (κ1) is 12.9. The van der Waals surface area contributed by atoms with Crippen LogP contribution in [0.25, 0.3) is 0 Å². The number of rotatable bonds is 3. The molecule has 2 rings (SSSR count). The van der Waals surface area contributed by atoms with Crippen molar-refractivity contribution in [2.75, 3.05) is 5.32 Å². The third kappa shape index (κ3) is 2.81. The molecule has 1 fully saturated rings. The summed E-state index contributed by atoms with van der Waals surface area (Å²) in [5.41, 5.74) is 2.94. The number of nitro groups is 1. The van der Waals surface area contributed by atoms with Gasteiger partial charge < -0.3 is 5.32 Å². The maximum atomic E-state index is 11.0. The molecule has 1 aliphatic carbocycles. The lowest BCUT2D eigenvalue weighted by Gasteiger charge is -2.24. The molecule has 0 atom stereocenters. The van der Waals surface area contributed by atoms with Gasteiger partial charge in [-0.3, -0.25) is 10.1 Å². The highest BCUT2D eigenvalue weighted by Gasteiger charge is 2.17. The van der Waals surface area contributed by atoms with E-state index in [9.17, 15) is 10.1 Å². The van der Waals surface area contributed by atoms with Gasteiger partial charge in [0.2, 0.25) is 0 Å². The van der Waals surface area contributed by atoms with Gasteiger partial charge >= 0.3 is 0 Å². The van der Waals surface area contributed by atoms with Crippen LogP contribution in [0, 0.1) is 24.0 Å². The molecule has 1 N–H and O–H groups in total. The summed E-state index contributed by atoms with van der Waals surface area (Å²) in [6, 6.07) is 4.04. The molecule has 0 radical (unpaired) electrons. The van der Waals surface area contributed by atoms with E-state index in [-0.39, 0.29) is 10.6 Å². The minimum atomic E-state index is -0.305. The monoisotopic (exact) mass is 248 g/mol. The Labute approximate surface area is 108 Å². The lowest BCUT2D eigenvalue weighted by molar-refractivity contribution is -0.385. The van der Waals surface area contributed by atoms with Gasteiger partial charge in [-0.1, -0.05) is 19.3 Å². The van der Waals surface area contributed by atoms with Crippen molar-refractivity contribution < 1.29 is 4.92 Å². The van der Waals surface area contributed by atoms with E-state index in [4.69, 9.17) is 0 Å². The van der Waals surface area contributed by atoms with E-state index in [0.29, 0.717) is 6.04 Å². The predicted molar refractivity (Wildman–Crippen MR) is 73.1 cm³/mol. The molecule has 0 aliphatic heterocycles. The second-order valence-electron chi connectivity index (χ2n) is 5.19. The van der Waals surface area contributed by atoms with Gasteiger partial charge in [0.1, 0.15) is 0 Å². The van der Waals surface area contributed by atoms with E-state index in [1.54, 1.807) is 13.0 Å². The van der Waals surface area contributed by atoms with Crippen molar-refractivity contribution in [2.24, 2.45) is 0 Å². The van der Waals surface area contributed by atoms with E-state index < -0.39 is 0 Å². The van der Waals surface area contributed by atoms with Crippen molar-refractivity contribution in [3.8, 4) is 0 Å². The molecule has 0 bridgehead atoms. The van der Waals surface area contributed by atoms with Crippen LogP contribution in [0.2, 0.25) is 0 Å². The Balaban J connectivity index is 2.21. The Bertz CT molecular complexity index is 451. The first-order chi connectivity index (χ1) is 8.58. The lowest BCUT2D eigenvalue weighted by atomic mass is 9.95. The topological polar surface area (TPSA) is 55.2 Å². The maximum Gasteiger partial charge on any atom is 0.274 e. The molecule has 1 saturated carbocycles. The molecule has 1 aliphatic rings. The van der Waals surface area contributed by atoms with Crippen molar-refractivity contribution in [1.82, 2.24) is 0 Å². The van der Waals surface area contributed by atoms with Crippen LogP contribution in [0.5, 0.6) is 0 Å². The number of aryl methyl sites for hydroxylation is 2. The normalized spacial score (nSPS) is 16.6. The summed E-state index contributed by atoms with van der Waals surface area (Å²) in [5, 5.41) is 14.4. The second-order valence-corrected chi connectivity index (χ2v) is 5.19. The molecular formula is C14H20N2O2. The predicted octanol–water partition coefficient (Wildman–Crippen LogP) is 3.96. The zero-order chi connectivity index (χ0) is 13.1. The number of nitrogens with one attached hydrogen (secondary N) is 1. The SMILES string of the molecule is Cc1cc(C)c([N+](=O)[O-])cc1NC1CCCCC1. The van der Waals surface area contributed by atoms with Crippen molar-refractivity contribution in [2.45, 2.75) is 52.0 Å². The zero-order valence-electron chi connectivity index (χ0n) is 11.0. The Morgan fingerprint density at radius 2 is 1.83 bits per heavy atom. The first-order valence-corrected chi connectivity index (χ1v) is 6.60. The fraction of sp³-hybridized carbons (Fsp3) is 0.571. The van der Waals surface area contributed by atoms with E-state index in [1.165, 1.54) is 32.1 Å². The van der Waals surface area contributed by atoms with E-state index in [1.807, 2.05) is 13.0 Å². The molecule has 0 heterocycles. The number of hydrogen-bond acceptors (Lipinski definition) is 3. The van der Waals surface area contributed by atoms with Crippen molar-refractivity contribution >= 4 is 11.4 Å². The molecule has 98 valence electrons. The molecule has 1 aromatic carbocycles. The number of benzene rings is 1. The van der Waals surface area contributed by atoms with Crippen molar-refractivity contribution in [1.29, 1.82) is 0 Å². The van der Waals surface area contributed by atoms with Gasteiger partial charge in [0.05, 0.1) is 4.92 Å². The summed E-state index contributed by atoms with van der Waals surface area (Å²) < 4.78 is 0. The summed E-state index contributed by atoms with van der Waals surface area (Å²) in [4.78, 5) is 10.7. The Morgan fingerprint density at radius 1 is 1.17 bits per heavy atom. The van der Waals surface area contributed by atoms with Crippen molar-refractivity contribution in [3.05, 3.63) is 33.4 Å². The van der Waals surface area contributed by atoms with Crippen LogP contribution >= 0.6 is 0 Å². The average Bonchev–Trinajstić information content (AvgIpc) is 2.33. The second kappa shape index (κ2) is 5.38. The van der Waals surface area contributed by atoms with Crippen LogP contribution in [0.4, 0.5) is 11.4 Å². The lowest BCUT2D eigenvalue weighted by Crippen LogP contribution is -2.22. The van der Waals surface area contributed by atoms with Gasteiger partial charge in [0.15, 0.2) is 0 Å². The summed E-state index contributed by atoms with van der Waals surface area (Å²) in [5.74, 6) is 0. The number of nitrogens with zero attached hydrogens (tertiary/aromatic N) is 1. The quantitative estimate of drug-likeness (QED) is 0.650. The van der Waals surface area contributed by atoms with Crippen LogP contribution in [-0.4, -0.2) is 11.0 Å². The van der Waals surface area contributed by atoms with Crippen LogP contribution < -0.4 is 5.32 Å². The smallest absolute Gasteiger partial charge is 0.274 e. The van der Waals surface area contributed by atoms with Crippen LogP contribution in [0.1, 0.15) is 43.2 Å². The highest BCUT2D eigenvalue weighted by Crippen LogP contribution is 2.29. The summed E-state index contributed by atoms with van der Waals surface area (Å²) in [7, 11) is 0. The summed E-state index contributed by atoms with van der Waals surface area (Å²) in [6.07, 6.45) is 6.16. The van der Waals surface area contributed by atoms with E-state index in [0.717, 1.165) is 16.8 Å². The molecule has 4 heteroatoms. The van der Waals surface area contributed by atoms with Crippen LogP contribution in [-0.2, 0) is 0 Å². The summed E-state index contributed by atoms with van der Waals surface area (Å²) in [6.45, 7) is 3.79. The number of hydrogen-bond donors (Lipinski definition) is 1. The molecule has 0 amide bonds. The molecule has 0 aromatic heterocycles. The maximum absolute atomic E-state index is 11.0. The highest BCUT2D eigenvalue weighted by atomic mass is 16.6. The average molecular weight is 248 g/mol. The van der Waals surface area contributed by atoms with Gasteiger partial charge in [-0.15, -0.1) is 0 Å². The molecule has 18 heavy (non-hydrogen) atoms. The van der Waals surface area contributed by atoms with Gasteiger partial charge in [-0.2, -0.15) is 0 Å². The first-order valence-electron chi connectivity index (χ1n) is 6.60. The molecule has 0 saturated heterocycles. The minimum absolute atomic E-state index is 0.207. The molecular weight excluding hydrogens is 228 g/mol. The summed E-state index contributed by atoms with van der Waals surface area (Å²) >= 11 is 0. The third-order valence-corrected chi connectivity index (χ3v) is 3.70. The van der Waals surface area contributed by atoms with Gasteiger partial charge in [-0.25, -0.2) is 0 Å². The third-order valence-electron chi connectivity index (χ3n) is 3.70. The van der Waals surface area contributed by atoms with E-state index >= 15 is 0 Å². The zero-order valence-corrected chi connectivity index (χ0v) is 11.0. The largest absolute Gasteiger partial charge is 0.382 e. The number of nitro benzene ring substituents is 1. The fourth-order valence-electron chi connectivity index (χ4n) is 2.66. The molecule has 0 unspecified atom stereocenters. The standard InChI is InChI=1S/C14H20N2O2/c1-10-8-11(2)14(16(17)18)9-13(10)15-12-6-4-3-5-7-12/h8-9,12,15H,3-7H2,1-2H3. The molecule has 1 aromatic rings. The van der Waals surface area contributed by atoms with Gasteiger partial charge in [0.25, 0.3) is 5.69 Å². The van der Waals surface area contributed by atoms with Gasteiger partial charge in [-0.05, 0) is 38.3 Å². The van der Waals surface area contributed by atoms with E-state index in [2.05, 4.69) is 5.32 Å². The Hall–Kier alpha value is -1.58. The number of anilines is 1. The Morgan fingerprint density at radius 3 is 2.44 bits per heavy atom. The van der Waals surface area contributed by atoms with Gasteiger partial charge in [0, 0.05) is 23.4 Å².